The highest BCUT2D eigenvalue weighted by Gasteiger charge is 2.36. The maximum Gasteiger partial charge on any atom is 0.302 e. The van der Waals surface area contributed by atoms with Crippen LogP contribution in [0.4, 0.5) is 0 Å². The first-order chi connectivity index (χ1) is 7.08. The molecule has 0 aliphatic carbocycles. The van der Waals surface area contributed by atoms with Gasteiger partial charge in [0.15, 0.2) is 0 Å². The zero-order valence-corrected chi connectivity index (χ0v) is 11.3. The standard InChI is InChI=1S/C10H20O5S/c1-8(2)6-15-16(12,13)10(4,5)7-14-9(3)11/h8H,6-7H2,1-5H3. The van der Waals surface area contributed by atoms with Crippen molar-refractivity contribution in [3.8, 4) is 0 Å². The van der Waals surface area contributed by atoms with Crippen molar-refractivity contribution in [3.63, 3.8) is 0 Å². The van der Waals surface area contributed by atoms with Gasteiger partial charge in [-0.2, -0.15) is 8.42 Å². The Morgan fingerprint density at radius 2 is 1.81 bits per heavy atom. The number of rotatable bonds is 6. The molecule has 16 heavy (non-hydrogen) atoms. The van der Waals surface area contributed by atoms with Crippen LogP contribution in [0.25, 0.3) is 0 Å². The van der Waals surface area contributed by atoms with Gasteiger partial charge in [0.2, 0.25) is 0 Å². The topological polar surface area (TPSA) is 69.7 Å². The number of hydrogen-bond acceptors (Lipinski definition) is 5. The minimum atomic E-state index is -3.73. The van der Waals surface area contributed by atoms with Crippen LogP contribution in [0, 0.1) is 5.92 Å². The van der Waals surface area contributed by atoms with Gasteiger partial charge < -0.3 is 4.74 Å². The van der Waals surface area contributed by atoms with Crippen LogP contribution in [0.3, 0.4) is 0 Å². The Labute approximate surface area is 97.2 Å². The van der Waals surface area contributed by atoms with Gasteiger partial charge in [-0.05, 0) is 19.8 Å². The number of esters is 1. The zero-order valence-electron chi connectivity index (χ0n) is 10.4. The number of carbonyl (C=O) groups is 1. The summed E-state index contributed by atoms with van der Waals surface area (Å²) in [6, 6.07) is 0. The van der Waals surface area contributed by atoms with Crippen molar-refractivity contribution < 1.29 is 22.1 Å². The molecule has 96 valence electrons. The van der Waals surface area contributed by atoms with E-state index in [1.165, 1.54) is 20.8 Å². The summed E-state index contributed by atoms with van der Waals surface area (Å²) >= 11 is 0. The lowest BCUT2D eigenvalue weighted by Gasteiger charge is -2.23. The van der Waals surface area contributed by atoms with Crippen LogP contribution >= 0.6 is 0 Å². The maximum absolute atomic E-state index is 11.8. The lowest BCUT2D eigenvalue weighted by atomic mass is 10.2. The first-order valence-corrected chi connectivity index (χ1v) is 6.51. The minimum absolute atomic E-state index is 0.124. The molecule has 0 atom stereocenters. The smallest absolute Gasteiger partial charge is 0.302 e. The van der Waals surface area contributed by atoms with E-state index in [0.29, 0.717) is 0 Å². The van der Waals surface area contributed by atoms with Gasteiger partial charge in [0, 0.05) is 6.92 Å². The summed E-state index contributed by atoms with van der Waals surface area (Å²) in [4.78, 5) is 10.6. The van der Waals surface area contributed by atoms with Crippen LogP contribution in [-0.4, -0.2) is 32.3 Å². The van der Waals surface area contributed by atoms with Gasteiger partial charge >= 0.3 is 5.97 Å². The van der Waals surface area contributed by atoms with E-state index in [1.807, 2.05) is 13.8 Å². The molecule has 0 rings (SSSR count). The highest BCUT2D eigenvalue weighted by atomic mass is 32.2. The first kappa shape index (κ1) is 15.4. The SMILES string of the molecule is CC(=O)OCC(C)(C)S(=O)(=O)OCC(C)C. The molecular formula is C10H20O5S. The van der Waals surface area contributed by atoms with Crippen LogP contribution in [0.2, 0.25) is 0 Å². The summed E-state index contributed by atoms with van der Waals surface area (Å²) in [5.74, 6) is -0.383. The normalized spacial score (nSPS) is 12.9. The molecular weight excluding hydrogens is 232 g/mol. The third kappa shape index (κ3) is 4.94. The first-order valence-electron chi connectivity index (χ1n) is 5.11. The summed E-state index contributed by atoms with van der Waals surface area (Å²) in [7, 11) is -3.73. The lowest BCUT2D eigenvalue weighted by Crippen LogP contribution is -2.39. The molecule has 0 aliphatic heterocycles. The van der Waals surface area contributed by atoms with Crippen LogP contribution < -0.4 is 0 Å². The highest BCUT2D eigenvalue weighted by Crippen LogP contribution is 2.19. The van der Waals surface area contributed by atoms with E-state index >= 15 is 0 Å². The largest absolute Gasteiger partial charge is 0.464 e. The fourth-order valence-electron chi connectivity index (χ4n) is 0.733. The van der Waals surface area contributed by atoms with Crippen molar-refractivity contribution >= 4 is 16.1 Å². The quantitative estimate of drug-likeness (QED) is 0.527. The lowest BCUT2D eigenvalue weighted by molar-refractivity contribution is -0.141. The fourth-order valence-corrected chi connectivity index (χ4v) is 1.71. The monoisotopic (exact) mass is 252 g/mol. The van der Waals surface area contributed by atoms with Gasteiger partial charge in [0.25, 0.3) is 10.1 Å². The Kier molecular flexibility index (Phi) is 5.41. The van der Waals surface area contributed by atoms with Crippen LogP contribution in [0.5, 0.6) is 0 Å². The molecule has 0 aromatic rings. The molecule has 0 amide bonds. The maximum atomic E-state index is 11.8. The van der Waals surface area contributed by atoms with Crippen molar-refractivity contribution in [2.75, 3.05) is 13.2 Å². The van der Waals surface area contributed by atoms with Gasteiger partial charge in [-0.15, -0.1) is 0 Å². The molecule has 0 heterocycles. The van der Waals surface area contributed by atoms with E-state index in [0.717, 1.165) is 0 Å². The molecule has 0 bridgehead atoms. The van der Waals surface area contributed by atoms with Crippen molar-refractivity contribution in [1.29, 1.82) is 0 Å². The molecule has 5 nitrogen and oxygen atoms in total. The molecule has 0 spiro atoms. The average Bonchev–Trinajstić information content (AvgIpc) is 2.11. The summed E-state index contributed by atoms with van der Waals surface area (Å²) < 4.78 is 31.9. The van der Waals surface area contributed by atoms with Crippen LogP contribution in [0.1, 0.15) is 34.6 Å². The third-order valence-corrected chi connectivity index (χ3v) is 3.77. The Hall–Kier alpha value is -0.620. The molecule has 0 N–H and O–H groups in total. The third-order valence-electron chi connectivity index (χ3n) is 1.86. The van der Waals surface area contributed by atoms with Crippen LogP contribution in [0.15, 0.2) is 0 Å². The van der Waals surface area contributed by atoms with Gasteiger partial charge in [-0.1, -0.05) is 13.8 Å². The molecule has 0 radical (unpaired) electrons. The second-order valence-corrected chi connectivity index (χ2v) is 6.92. The number of hydrogen-bond donors (Lipinski definition) is 0. The summed E-state index contributed by atoms with van der Waals surface area (Å²) in [5, 5.41) is 0. The molecule has 0 saturated carbocycles. The van der Waals surface area contributed by atoms with Gasteiger partial charge in [-0.25, -0.2) is 0 Å². The van der Waals surface area contributed by atoms with E-state index in [1.54, 1.807) is 0 Å². The van der Waals surface area contributed by atoms with E-state index in [2.05, 4.69) is 0 Å². The Morgan fingerprint density at radius 1 is 1.31 bits per heavy atom. The van der Waals surface area contributed by atoms with E-state index in [-0.39, 0.29) is 19.1 Å². The van der Waals surface area contributed by atoms with E-state index < -0.39 is 20.8 Å². The predicted molar refractivity (Wildman–Crippen MR) is 60.4 cm³/mol. The molecule has 6 heteroatoms. The Morgan fingerprint density at radius 3 is 2.19 bits per heavy atom. The minimum Gasteiger partial charge on any atom is -0.464 e. The van der Waals surface area contributed by atoms with E-state index in [4.69, 9.17) is 8.92 Å². The van der Waals surface area contributed by atoms with Gasteiger partial charge in [0.1, 0.15) is 11.4 Å². The Balaban J connectivity index is 4.52. The highest BCUT2D eigenvalue weighted by molar-refractivity contribution is 7.88. The van der Waals surface area contributed by atoms with Crippen molar-refractivity contribution in [3.05, 3.63) is 0 Å². The second-order valence-electron chi connectivity index (χ2n) is 4.67. The van der Waals surface area contributed by atoms with Crippen LogP contribution in [-0.2, 0) is 23.8 Å². The fraction of sp³-hybridized carbons (Fsp3) is 0.900. The van der Waals surface area contributed by atoms with Crippen molar-refractivity contribution in [2.45, 2.75) is 39.4 Å². The Bertz CT molecular complexity index is 329. The van der Waals surface area contributed by atoms with E-state index in [9.17, 15) is 13.2 Å². The number of carbonyl (C=O) groups excluding carboxylic acids is 1. The summed E-state index contributed by atoms with van der Waals surface area (Å²) in [5.41, 5.74) is 0. The predicted octanol–water partition coefficient (Wildman–Crippen LogP) is 1.33. The molecule has 0 aromatic heterocycles. The average molecular weight is 252 g/mol. The van der Waals surface area contributed by atoms with Gasteiger partial charge in [0.05, 0.1) is 6.61 Å². The van der Waals surface area contributed by atoms with Crippen molar-refractivity contribution in [1.82, 2.24) is 0 Å². The zero-order chi connectivity index (χ0) is 13.0. The molecule has 0 unspecified atom stereocenters. The summed E-state index contributed by atoms with van der Waals surface area (Å²) in [6.07, 6.45) is 0. The summed E-state index contributed by atoms with van der Waals surface area (Å²) in [6.45, 7) is 7.80. The molecule has 0 aliphatic rings. The molecule has 0 saturated heterocycles. The van der Waals surface area contributed by atoms with Crippen molar-refractivity contribution in [2.24, 2.45) is 5.92 Å². The van der Waals surface area contributed by atoms with Gasteiger partial charge in [-0.3, -0.25) is 8.98 Å². The number of ether oxygens (including phenoxy) is 1. The molecule has 0 fully saturated rings. The molecule has 0 aromatic carbocycles. The second kappa shape index (κ2) is 5.63.